The van der Waals surface area contributed by atoms with E-state index in [4.69, 9.17) is 5.73 Å². The van der Waals surface area contributed by atoms with Crippen LogP contribution in [0.15, 0.2) is 24.7 Å². The Kier molecular flexibility index (Phi) is 5.90. The molecule has 0 aromatic carbocycles. The fraction of sp³-hybridized carbons (Fsp3) is 0.500. The molecule has 0 spiro atoms. The summed E-state index contributed by atoms with van der Waals surface area (Å²) in [4.78, 5) is 4.40. The van der Waals surface area contributed by atoms with Gasteiger partial charge >= 0.3 is 12.7 Å². The molecule has 1 fully saturated rings. The van der Waals surface area contributed by atoms with Gasteiger partial charge in [-0.3, -0.25) is 0 Å². The highest BCUT2D eigenvalue weighted by atomic mass is 19.4. The standard InChI is InChI=1S/C18H21F5N8O/c19-17(20)31-8-12(14(29-31)18(21,22)23)27-16(32)9-7-25-30-6-5-13(28-15(9)30)26-11-4-2-1-3-10(11)24/h5-8,10-11,16-17,27,32H,1-4,24H2,(H,26,28)/t10-,11+,16?/m0/s1. The van der Waals surface area contributed by atoms with Gasteiger partial charge in [0.2, 0.25) is 0 Å². The summed E-state index contributed by atoms with van der Waals surface area (Å²) in [7, 11) is 0. The summed E-state index contributed by atoms with van der Waals surface area (Å²) in [6.07, 6.45) is 0.397. The lowest BCUT2D eigenvalue weighted by Gasteiger charge is -2.29. The smallest absolute Gasteiger partial charge is 0.369 e. The number of nitrogens with two attached hydrogens (primary N) is 1. The maximum atomic E-state index is 13.2. The van der Waals surface area contributed by atoms with E-state index in [0.29, 0.717) is 12.0 Å². The van der Waals surface area contributed by atoms with Crippen molar-refractivity contribution in [3.05, 3.63) is 35.9 Å². The molecule has 174 valence electrons. The number of fused-ring (bicyclic) bond motifs is 1. The lowest BCUT2D eigenvalue weighted by Crippen LogP contribution is -2.42. The number of halogens is 5. The quantitative estimate of drug-likeness (QED) is 0.330. The number of hydrogen-bond acceptors (Lipinski definition) is 7. The van der Waals surface area contributed by atoms with E-state index < -0.39 is 30.3 Å². The summed E-state index contributed by atoms with van der Waals surface area (Å²) in [5, 5.41) is 22.8. The molecule has 1 aliphatic rings. The summed E-state index contributed by atoms with van der Waals surface area (Å²) < 4.78 is 66.4. The summed E-state index contributed by atoms with van der Waals surface area (Å²) in [6.45, 7) is -3.28. The number of rotatable bonds is 6. The molecule has 14 heteroatoms. The maximum absolute atomic E-state index is 13.2. The fourth-order valence-electron chi connectivity index (χ4n) is 3.72. The molecule has 32 heavy (non-hydrogen) atoms. The second-order valence-electron chi connectivity index (χ2n) is 7.57. The molecule has 9 nitrogen and oxygen atoms in total. The van der Waals surface area contributed by atoms with Crippen molar-refractivity contribution in [1.82, 2.24) is 24.4 Å². The predicted octanol–water partition coefficient (Wildman–Crippen LogP) is 3.12. The first-order valence-corrected chi connectivity index (χ1v) is 9.89. The van der Waals surface area contributed by atoms with Crippen LogP contribution in [-0.4, -0.2) is 41.6 Å². The van der Waals surface area contributed by atoms with Crippen molar-refractivity contribution in [2.45, 2.75) is 56.7 Å². The van der Waals surface area contributed by atoms with E-state index in [0.717, 1.165) is 25.7 Å². The van der Waals surface area contributed by atoms with Gasteiger partial charge in [-0.05, 0) is 18.9 Å². The third-order valence-corrected chi connectivity index (χ3v) is 5.34. The van der Waals surface area contributed by atoms with E-state index in [1.807, 2.05) is 0 Å². The van der Waals surface area contributed by atoms with Crippen LogP contribution in [-0.2, 0) is 6.18 Å². The van der Waals surface area contributed by atoms with E-state index in [1.165, 1.54) is 10.7 Å². The summed E-state index contributed by atoms with van der Waals surface area (Å²) in [5.74, 6) is 0.468. The van der Waals surface area contributed by atoms with Crippen LogP contribution < -0.4 is 16.4 Å². The van der Waals surface area contributed by atoms with E-state index in [2.05, 4.69) is 25.8 Å². The van der Waals surface area contributed by atoms with Gasteiger partial charge in [0, 0.05) is 18.3 Å². The Morgan fingerprint density at radius 2 is 1.97 bits per heavy atom. The lowest BCUT2D eigenvalue weighted by molar-refractivity contribution is -0.141. The predicted molar refractivity (Wildman–Crippen MR) is 104 cm³/mol. The first-order chi connectivity index (χ1) is 15.1. The van der Waals surface area contributed by atoms with Crippen molar-refractivity contribution in [3.8, 4) is 0 Å². The zero-order chi connectivity index (χ0) is 23.0. The number of hydrogen-bond donors (Lipinski definition) is 4. The van der Waals surface area contributed by atoms with Crippen LogP contribution in [0.5, 0.6) is 0 Å². The van der Waals surface area contributed by atoms with Crippen molar-refractivity contribution >= 4 is 17.2 Å². The van der Waals surface area contributed by atoms with Gasteiger partial charge in [0.25, 0.3) is 0 Å². The third-order valence-electron chi connectivity index (χ3n) is 5.34. The highest BCUT2D eigenvalue weighted by Gasteiger charge is 2.39. The number of alkyl halides is 5. The van der Waals surface area contributed by atoms with Gasteiger partial charge in [0.1, 0.15) is 5.82 Å². The zero-order valence-electron chi connectivity index (χ0n) is 16.6. The monoisotopic (exact) mass is 460 g/mol. The Bertz CT molecular complexity index is 1080. The third kappa shape index (κ3) is 4.46. The van der Waals surface area contributed by atoms with Gasteiger partial charge in [0.15, 0.2) is 17.6 Å². The normalized spacial score (nSPS) is 20.6. The van der Waals surface area contributed by atoms with Crippen LogP contribution in [0.4, 0.5) is 33.5 Å². The number of nitrogens with zero attached hydrogens (tertiary/aromatic N) is 5. The van der Waals surface area contributed by atoms with Gasteiger partial charge in [-0.25, -0.2) is 14.2 Å². The molecule has 1 aliphatic carbocycles. The average molecular weight is 460 g/mol. The molecule has 0 aliphatic heterocycles. The number of nitrogens with one attached hydrogen (secondary N) is 2. The molecule has 0 radical (unpaired) electrons. The van der Waals surface area contributed by atoms with Crippen molar-refractivity contribution in [3.63, 3.8) is 0 Å². The molecule has 1 saturated carbocycles. The van der Waals surface area contributed by atoms with E-state index in [1.54, 1.807) is 12.3 Å². The van der Waals surface area contributed by atoms with Gasteiger partial charge in [0.05, 0.1) is 23.6 Å². The Morgan fingerprint density at radius 3 is 2.66 bits per heavy atom. The topological polar surface area (TPSA) is 118 Å². The van der Waals surface area contributed by atoms with Crippen LogP contribution in [0.1, 0.15) is 49.7 Å². The molecular formula is C18H21F5N8O. The molecule has 3 atom stereocenters. The average Bonchev–Trinajstić information content (AvgIpc) is 3.34. The molecule has 3 heterocycles. The Hall–Kier alpha value is -3.00. The van der Waals surface area contributed by atoms with Crippen molar-refractivity contribution < 1.29 is 27.1 Å². The molecule has 3 aromatic heterocycles. The van der Waals surface area contributed by atoms with E-state index >= 15 is 0 Å². The van der Waals surface area contributed by atoms with Gasteiger partial charge in [-0.2, -0.15) is 32.1 Å². The van der Waals surface area contributed by atoms with Crippen molar-refractivity contribution in [2.75, 3.05) is 10.6 Å². The SMILES string of the molecule is N[C@H]1CCCC[C@H]1Nc1ccn2ncc(C(O)Nc3cn(C(F)F)nc3C(F)(F)F)c2n1. The van der Waals surface area contributed by atoms with Crippen molar-refractivity contribution in [2.24, 2.45) is 5.73 Å². The molecule has 0 bridgehead atoms. The molecule has 5 N–H and O–H groups in total. The fourth-order valence-corrected chi connectivity index (χ4v) is 3.72. The highest BCUT2D eigenvalue weighted by Crippen LogP contribution is 2.36. The zero-order valence-corrected chi connectivity index (χ0v) is 16.6. The second-order valence-corrected chi connectivity index (χ2v) is 7.57. The first kappa shape index (κ1) is 22.2. The lowest BCUT2D eigenvalue weighted by atomic mass is 9.91. The van der Waals surface area contributed by atoms with Crippen LogP contribution in [0, 0.1) is 0 Å². The molecule has 1 unspecified atom stereocenters. The number of aromatic nitrogens is 5. The van der Waals surface area contributed by atoms with Crippen LogP contribution in [0.3, 0.4) is 0 Å². The largest absolute Gasteiger partial charge is 0.437 e. The maximum Gasteiger partial charge on any atom is 0.437 e. The van der Waals surface area contributed by atoms with Gasteiger partial charge in [-0.15, -0.1) is 0 Å². The summed E-state index contributed by atoms with van der Waals surface area (Å²) in [5.41, 5.74) is 4.00. The van der Waals surface area contributed by atoms with Gasteiger partial charge < -0.3 is 21.5 Å². The van der Waals surface area contributed by atoms with Crippen LogP contribution in [0.2, 0.25) is 0 Å². The van der Waals surface area contributed by atoms with Gasteiger partial charge in [-0.1, -0.05) is 12.8 Å². The minimum Gasteiger partial charge on any atom is -0.369 e. The molecule has 0 amide bonds. The van der Waals surface area contributed by atoms with E-state index in [-0.39, 0.29) is 28.0 Å². The number of aliphatic hydroxyl groups excluding tert-OH is 1. The van der Waals surface area contributed by atoms with E-state index in [9.17, 15) is 27.1 Å². The second kappa shape index (κ2) is 8.50. The minimum absolute atomic E-state index is 0.0163. The Balaban J connectivity index is 1.60. The molecule has 3 aromatic rings. The summed E-state index contributed by atoms with van der Waals surface area (Å²) >= 11 is 0. The minimum atomic E-state index is -5.00. The Morgan fingerprint density at radius 1 is 1.22 bits per heavy atom. The summed E-state index contributed by atoms with van der Waals surface area (Å²) in [6, 6.07) is 1.65. The Labute approximate surface area is 178 Å². The number of anilines is 2. The molecule has 0 saturated heterocycles. The number of aliphatic hydroxyl groups is 1. The molecular weight excluding hydrogens is 439 g/mol. The first-order valence-electron chi connectivity index (χ1n) is 9.89. The molecule has 4 rings (SSSR count). The van der Waals surface area contributed by atoms with Crippen LogP contribution >= 0.6 is 0 Å². The van der Waals surface area contributed by atoms with Crippen LogP contribution in [0.25, 0.3) is 5.65 Å². The highest BCUT2D eigenvalue weighted by molar-refractivity contribution is 5.56. The van der Waals surface area contributed by atoms with Crippen molar-refractivity contribution in [1.29, 1.82) is 0 Å².